The van der Waals surface area contributed by atoms with E-state index in [9.17, 15) is 5.11 Å². The topological polar surface area (TPSA) is 46.2 Å². The van der Waals surface area contributed by atoms with Crippen molar-refractivity contribution < 1.29 is 5.11 Å². The van der Waals surface area contributed by atoms with Crippen LogP contribution in [0.5, 0.6) is 5.75 Å². The minimum absolute atomic E-state index is 0.195. The molecule has 2 atom stereocenters. The van der Waals surface area contributed by atoms with Gasteiger partial charge >= 0.3 is 0 Å². The van der Waals surface area contributed by atoms with E-state index in [1.54, 1.807) is 6.07 Å². The summed E-state index contributed by atoms with van der Waals surface area (Å²) in [4.78, 5) is 0. The summed E-state index contributed by atoms with van der Waals surface area (Å²) in [6.07, 6.45) is 2.02. The maximum Gasteiger partial charge on any atom is 0.119 e. The van der Waals surface area contributed by atoms with Gasteiger partial charge in [0.1, 0.15) is 5.75 Å². The van der Waals surface area contributed by atoms with Gasteiger partial charge in [-0.15, -0.1) is 0 Å². The first kappa shape index (κ1) is 8.57. The third-order valence-electron chi connectivity index (χ3n) is 3.02. The molecule has 2 nitrogen and oxygen atoms in total. The smallest absolute Gasteiger partial charge is 0.119 e. The fourth-order valence-electron chi connectivity index (χ4n) is 2.13. The Kier molecular flexibility index (Phi) is 2.00. The van der Waals surface area contributed by atoms with Crippen LogP contribution in [0.15, 0.2) is 18.2 Å². The zero-order valence-corrected chi connectivity index (χ0v) is 7.83. The lowest BCUT2D eigenvalue weighted by atomic mass is 9.80. The first-order valence-electron chi connectivity index (χ1n) is 4.76. The second-order valence-electron chi connectivity index (χ2n) is 3.84. The zero-order chi connectivity index (χ0) is 9.42. The second kappa shape index (κ2) is 3.04. The molecule has 0 aromatic heterocycles. The van der Waals surface area contributed by atoms with E-state index >= 15 is 0 Å². The standard InChI is InChI=1S/C11H15NO/c1-7-9(12)6-5-8-3-2-4-10(13)11(7)8/h2-4,7,9,13H,5-6,12H2,1H3. The number of nitrogens with two attached hydrogens (primary N) is 1. The molecule has 1 aliphatic rings. The summed E-state index contributed by atoms with van der Waals surface area (Å²) in [6, 6.07) is 5.92. The molecule has 0 radical (unpaired) electrons. The lowest BCUT2D eigenvalue weighted by Gasteiger charge is -2.28. The minimum atomic E-state index is 0.195. The summed E-state index contributed by atoms with van der Waals surface area (Å²) in [6.45, 7) is 2.09. The normalized spacial score (nSPS) is 26.9. The molecule has 2 heteroatoms. The van der Waals surface area contributed by atoms with E-state index in [2.05, 4.69) is 13.0 Å². The molecule has 1 aromatic rings. The van der Waals surface area contributed by atoms with Crippen LogP contribution in [0.25, 0.3) is 0 Å². The number of phenolic OH excluding ortho intramolecular Hbond substituents is 1. The van der Waals surface area contributed by atoms with Crippen molar-refractivity contribution in [3.05, 3.63) is 29.3 Å². The van der Waals surface area contributed by atoms with E-state index < -0.39 is 0 Å². The van der Waals surface area contributed by atoms with E-state index in [0.717, 1.165) is 18.4 Å². The van der Waals surface area contributed by atoms with Crippen LogP contribution < -0.4 is 5.73 Å². The Morgan fingerprint density at radius 3 is 3.00 bits per heavy atom. The van der Waals surface area contributed by atoms with Crippen molar-refractivity contribution in [2.45, 2.75) is 31.7 Å². The van der Waals surface area contributed by atoms with E-state index in [1.165, 1.54) is 5.56 Å². The number of aryl methyl sites for hydroxylation is 1. The highest BCUT2D eigenvalue weighted by Gasteiger charge is 2.25. The fraction of sp³-hybridized carbons (Fsp3) is 0.455. The number of rotatable bonds is 0. The van der Waals surface area contributed by atoms with Crippen molar-refractivity contribution in [3.8, 4) is 5.75 Å². The summed E-state index contributed by atoms with van der Waals surface area (Å²) >= 11 is 0. The van der Waals surface area contributed by atoms with Crippen molar-refractivity contribution in [1.29, 1.82) is 0 Å². The van der Waals surface area contributed by atoms with E-state index in [4.69, 9.17) is 5.73 Å². The number of phenols is 1. The van der Waals surface area contributed by atoms with Gasteiger partial charge in [-0.1, -0.05) is 19.1 Å². The number of hydrogen-bond donors (Lipinski definition) is 2. The van der Waals surface area contributed by atoms with Crippen molar-refractivity contribution in [2.75, 3.05) is 0 Å². The third-order valence-corrected chi connectivity index (χ3v) is 3.02. The molecule has 1 aromatic carbocycles. The highest BCUT2D eigenvalue weighted by atomic mass is 16.3. The van der Waals surface area contributed by atoms with Gasteiger partial charge in [-0.3, -0.25) is 0 Å². The zero-order valence-electron chi connectivity index (χ0n) is 7.83. The van der Waals surface area contributed by atoms with Crippen LogP contribution in [-0.2, 0) is 6.42 Å². The summed E-state index contributed by atoms with van der Waals surface area (Å²) in [5.41, 5.74) is 8.27. The van der Waals surface area contributed by atoms with Gasteiger partial charge in [0.2, 0.25) is 0 Å². The van der Waals surface area contributed by atoms with Gasteiger partial charge in [0.25, 0.3) is 0 Å². The largest absolute Gasteiger partial charge is 0.508 e. The van der Waals surface area contributed by atoms with E-state index in [-0.39, 0.29) is 12.0 Å². The fourth-order valence-corrected chi connectivity index (χ4v) is 2.13. The van der Waals surface area contributed by atoms with Crippen LogP contribution in [0, 0.1) is 0 Å². The predicted molar refractivity (Wildman–Crippen MR) is 52.8 cm³/mol. The molecule has 0 saturated carbocycles. The van der Waals surface area contributed by atoms with Crippen molar-refractivity contribution in [2.24, 2.45) is 5.73 Å². The second-order valence-corrected chi connectivity index (χ2v) is 3.84. The Balaban J connectivity index is 2.51. The monoisotopic (exact) mass is 177 g/mol. The Morgan fingerprint density at radius 1 is 1.46 bits per heavy atom. The Bertz CT molecular complexity index is 322. The van der Waals surface area contributed by atoms with Gasteiger partial charge < -0.3 is 10.8 Å². The lowest BCUT2D eigenvalue weighted by Crippen LogP contribution is -2.31. The Labute approximate surface area is 78.4 Å². The molecule has 0 amide bonds. The van der Waals surface area contributed by atoms with Gasteiger partial charge in [0, 0.05) is 17.5 Å². The van der Waals surface area contributed by atoms with Gasteiger partial charge in [-0.05, 0) is 24.5 Å². The quantitative estimate of drug-likeness (QED) is 0.634. The molecule has 2 rings (SSSR count). The molecular formula is C11H15NO. The average Bonchev–Trinajstić information content (AvgIpc) is 2.12. The number of benzene rings is 1. The number of fused-ring (bicyclic) bond motifs is 1. The molecule has 0 bridgehead atoms. The van der Waals surface area contributed by atoms with E-state index in [0.29, 0.717) is 5.75 Å². The molecule has 0 spiro atoms. The van der Waals surface area contributed by atoms with E-state index in [1.807, 2.05) is 6.07 Å². The number of aromatic hydroxyl groups is 1. The molecule has 2 unspecified atom stereocenters. The van der Waals surface area contributed by atoms with Crippen molar-refractivity contribution in [3.63, 3.8) is 0 Å². The first-order valence-corrected chi connectivity index (χ1v) is 4.76. The highest BCUT2D eigenvalue weighted by molar-refractivity contribution is 5.44. The summed E-state index contributed by atoms with van der Waals surface area (Å²) in [5.74, 6) is 0.685. The van der Waals surface area contributed by atoms with Crippen LogP contribution in [0.1, 0.15) is 30.4 Å². The number of hydrogen-bond acceptors (Lipinski definition) is 2. The average molecular weight is 177 g/mol. The molecule has 13 heavy (non-hydrogen) atoms. The first-order chi connectivity index (χ1) is 6.20. The Hall–Kier alpha value is -1.02. The molecule has 70 valence electrons. The SMILES string of the molecule is CC1c2c(O)cccc2CCC1N. The van der Waals surface area contributed by atoms with Crippen molar-refractivity contribution in [1.82, 2.24) is 0 Å². The van der Waals surface area contributed by atoms with Crippen LogP contribution in [-0.4, -0.2) is 11.1 Å². The molecule has 0 aliphatic heterocycles. The summed E-state index contributed by atoms with van der Waals surface area (Å²) in [7, 11) is 0. The van der Waals surface area contributed by atoms with Crippen molar-refractivity contribution >= 4 is 0 Å². The Morgan fingerprint density at radius 2 is 2.23 bits per heavy atom. The highest BCUT2D eigenvalue weighted by Crippen LogP contribution is 2.36. The van der Waals surface area contributed by atoms with Crippen LogP contribution in [0.2, 0.25) is 0 Å². The lowest BCUT2D eigenvalue weighted by molar-refractivity contribution is 0.433. The van der Waals surface area contributed by atoms with Gasteiger partial charge in [0.15, 0.2) is 0 Å². The maximum atomic E-state index is 9.69. The van der Waals surface area contributed by atoms with Crippen LogP contribution >= 0.6 is 0 Å². The minimum Gasteiger partial charge on any atom is -0.508 e. The molecule has 3 N–H and O–H groups in total. The van der Waals surface area contributed by atoms with Gasteiger partial charge in [0.05, 0.1) is 0 Å². The molecule has 0 heterocycles. The molecule has 0 fully saturated rings. The molecular weight excluding hydrogens is 162 g/mol. The van der Waals surface area contributed by atoms with Crippen LogP contribution in [0.4, 0.5) is 0 Å². The molecule has 0 saturated heterocycles. The summed E-state index contributed by atoms with van der Waals surface area (Å²) in [5, 5.41) is 9.69. The molecule has 1 aliphatic carbocycles. The predicted octanol–water partition coefficient (Wildman–Crippen LogP) is 1.77. The van der Waals surface area contributed by atoms with Gasteiger partial charge in [-0.25, -0.2) is 0 Å². The van der Waals surface area contributed by atoms with Crippen LogP contribution in [0.3, 0.4) is 0 Å². The summed E-state index contributed by atoms with van der Waals surface area (Å²) < 4.78 is 0. The third kappa shape index (κ3) is 1.31. The maximum absolute atomic E-state index is 9.69. The van der Waals surface area contributed by atoms with Gasteiger partial charge in [-0.2, -0.15) is 0 Å².